The third kappa shape index (κ3) is 7.30. The van der Waals surface area contributed by atoms with Crippen LogP contribution in [0.3, 0.4) is 0 Å². The van der Waals surface area contributed by atoms with Gasteiger partial charge in [-0.05, 0) is 50.1 Å². The lowest BCUT2D eigenvalue weighted by Crippen LogP contribution is -2.43. The van der Waals surface area contributed by atoms with Crippen molar-refractivity contribution in [3.63, 3.8) is 0 Å². The number of ether oxygens (including phenoxy) is 1. The summed E-state index contributed by atoms with van der Waals surface area (Å²) in [6.07, 6.45) is 2.52. The number of nitrogens with zero attached hydrogens (tertiary/aromatic N) is 1. The van der Waals surface area contributed by atoms with Crippen molar-refractivity contribution in [2.45, 2.75) is 44.6 Å². The highest BCUT2D eigenvalue weighted by atomic mass is 127. The Morgan fingerprint density at radius 3 is 2.84 bits per heavy atom. The monoisotopic (exact) mass is 481 g/mol. The van der Waals surface area contributed by atoms with E-state index in [1.807, 2.05) is 17.8 Å². The summed E-state index contributed by atoms with van der Waals surface area (Å²) in [7, 11) is 1.57. The summed E-state index contributed by atoms with van der Waals surface area (Å²) in [5.74, 6) is 1.81. The molecule has 142 valence electrons. The number of methoxy groups -OCH3 is 1. The number of benzene rings is 1. The van der Waals surface area contributed by atoms with Crippen molar-refractivity contribution < 1.29 is 9.13 Å². The molecule has 0 amide bonds. The number of hydrogen-bond donors (Lipinski definition) is 2. The first kappa shape index (κ1) is 22.5. The van der Waals surface area contributed by atoms with Crippen LogP contribution in [0.15, 0.2) is 23.2 Å². The van der Waals surface area contributed by atoms with Crippen molar-refractivity contribution in [2.75, 3.05) is 26.0 Å². The minimum Gasteiger partial charge on any atom is -0.380 e. The van der Waals surface area contributed by atoms with Gasteiger partial charge in [0.2, 0.25) is 0 Å². The zero-order valence-corrected chi connectivity index (χ0v) is 18.4. The van der Waals surface area contributed by atoms with E-state index in [4.69, 9.17) is 4.74 Å². The standard InChI is InChI=1S/C18H28FN3OS.HI/c1-4-20-17(22-13-18(2)8-5-9-24-18)21-11-14-6-7-16(19)15(10-14)12-23-3;/h6-7,10H,4-5,8-9,11-13H2,1-3H3,(H2,20,21,22);1H. The molecule has 0 radical (unpaired) electrons. The van der Waals surface area contributed by atoms with Gasteiger partial charge in [0.25, 0.3) is 0 Å². The minimum absolute atomic E-state index is 0. The van der Waals surface area contributed by atoms with E-state index in [0.717, 1.165) is 24.6 Å². The number of halogens is 2. The van der Waals surface area contributed by atoms with E-state index in [9.17, 15) is 4.39 Å². The van der Waals surface area contributed by atoms with Gasteiger partial charge in [0.1, 0.15) is 5.82 Å². The average molecular weight is 481 g/mol. The fourth-order valence-electron chi connectivity index (χ4n) is 2.75. The minimum atomic E-state index is -0.235. The molecule has 0 saturated carbocycles. The second kappa shape index (κ2) is 11.2. The van der Waals surface area contributed by atoms with Crippen molar-refractivity contribution in [3.8, 4) is 0 Å². The first-order valence-electron chi connectivity index (χ1n) is 8.49. The molecule has 25 heavy (non-hydrogen) atoms. The van der Waals surface area contributed by atoms with Gasteiger partial charge in [-0.25, -0.2) is 9.38 Å². The highest BCUT2D eigenvalue weighted by Gasteiger charge is 2.29. The van der Waals surface area contributed by atoms with Crippen LogP contribution in [-0.4, -0.2) is 36.7 Å². The highest BCUT2D eigenvalue weighted by molar-refractivity contribution is 14.0. The molecule has 2 N–H and O–H groups in total. The highest BCUT2D eigenvalue weighted by Crippen LogP contribution is 2.36. The molecule has 0 spiro atoms. The topological polar surface area (TPSA) is 45.7 Å². The molecule has 1 fully saturated rings. The van der Waals surface area contributed by atoms with Crippen molar-refractivity contribution >= 4 is 41.7 Å². The molecule has 7 heteroatoms. The van der Waals surface area contributed by atoms with E-state index in [-0.39, 0.29) is 41.1 Å². The number of nitrogens with one attached hydrogen (secondary N) is 2. The van der Waals surface area contributed by atoms with Crippen LogP contribution in [0.25, 0.3) is 0 Å². The Balaban J connectivity index is 0.00000312. The van der Waals surface area contributed by atoms with Gasteiger partial charge in [-0.3, -0.25) is 0 Å². The Morgan fingerprint density at radius 2 is 2.20 bits per heavy atom. The quantitative estimate of drug-likeness (QED) is 0.352. The van der Waals surface area contributed by atoms with Crippen LogP contribution in [0.4, 0.5) is 4.39 Å². The molecule has 0 bridgehead atoms. The van der Waals surface area contributed by atoms with Gasteiger partial charge in [0.05, 0.1) is 13.2 Å². The first-order chi connectivity index (χ1) is 11.6. The molecule has 1 atom stereocenters. The van der Waals surface area contributed by atoms with Crippen molar-refractivity contribution in [1.29, 1.82) is 0 Å². The predicted octanol–water partition coefficient (Wildman–Crippen LogP) is 3.93. The third-order valence-corrected chi connectivity index (χ3v) is 5.64. The van der Waals surface area contributed by atoms with E-state index in [0.29, 0.717) is 12.1 Å². The maximum absolute atomic E-state index is 13.7. The Kier molecular flexibility index (Phi) is 10.1. The molecular weight excluding hydrogens is 452 g/mol. The molecule has 1 aromatic rings. The van der Waals surface area contributed by atoms with Gasteiger partial charge in [-0.2, -0.15) is 11.8 Å². The van der Waals surface area contributed by atoms with E-state index in [2.05, 4.69) is 29.5 Å². The van der Waals surface area contributed by atoms with Gasteiger partial charge in [-0.15, -0.1) is 24.0 Å². The fourth-order valence-corrected chi connectivity index (χ4v) is 4.00. The lowest BCUT2D eigenvalue weighted by molar-refractivity contribution is 0.181. The van der Waals surface area contributed by atoms with Gasteiger partial charge < -0.3 is 15.4 Å². The Bertz CT molecular complexity index is 565. The van der Waals surface area contributed by atoms with Crippen LogP contribution in [-0.2, 0) is 17.9 Å². The molecule has 1 saturated heterocycles. The number of thioether (sulfide) groups is 1. The van der Waals surface area contributed by atoms with Gasteiger partial charge in [0, 0.05) is 30.5 Å². The number of aliphatic imine (C=N–C) groups is 1. The van der Waals surface area contributed by atoms with Gasteiger partial charge in [-0.1, -0.05) is 6.07 Å². The first-order valence-corrected chi connectivity index (χ1v) is 9.47. The Labute approximate surface area is 171 Å². The van der Waals surface area contributed by atoms with Crippen molar-refractivity contribution in [1.82, 2.24) is 10.6 Å². The van der Waals surface area contributed by atoms with Crippen LogP contribution >= 0.6 is 35.7 Å². The maximum Gasteiger partial charge on any atom is 0.191 e. The van der Waals surface area contributed by atoms with Crippen LogP contribution in [0.5, 0.6) is 0 Å². The van der Waals surface area contributed by atoms with E-state index in [1.54, 1.807) is 13.2 Å². The van der Waals surface area contributed by atoms with Crippen molar-refractivity contribution in [2.24, 2.45) is 4.99 Å². The van der Waals surface area contributed by atoms with Gasteiger partial charge >= 0.3 is 0 Å². The lowest BCUT2D eigenvalue weighted by Gasteiger charge is -2.24. The van der Waals surface area contributed by atoms with Crippen LogP contribution in [0.2, 0.25) is 0 Å². The number of hydrogen-bond acceptors (Lipinski definition) is 3. The summed E-state index contributed by atoms with van der Waals surface area (Å²) < 4.78 is 19.0. The molecule has 1 heterocycles. The van der Waals surface area contributed by atoms with E-state index >= 15 is 0 Å². The zero-order valence-electron chi connectivity index (χ0n) is 15.2. The Hall–Kier alpha value is -0.540. The summed E-state index contributed by atoms with van der Waals surface area (Å²) >= 11 is 2.03. The van der Waals surface area contributed by atoms with Crippen LogP contribution < -0.4 is 10.6 Å². The predicted molar refractivity (Wildman–Crippen MR) is 115 cm³/mol. The summed E-state index contributed by atoms with van der Waals surface area (Å²) in [6.45, 7) is 6.86. The van der Waals surface area contributed by atoms with Crippen molar-refractivity contribution in [3.05, 3.63) is 35.1 Å². The molecule has 1 aromatic carbocycles. The summed E-state index contributed by atoms with van der Waals surface area (Å²) in [4.78, 5) is 4.63. The van der Waals surface area contributed by atoms with Gasteiger partial charge in [0.15, 0.2) is 5.96 Å². The molecule has 4 nitrogen and oxygen atoms in total. The normalized spacial score (nSPS) is 20.2. The molecular formula is C18H29FIN3OS. The molecule has 0 aliphatic carbocycles. The van der Waals surface area contributed by atoms with Crippen LogP contribution in [0.1, 0.15) is 37.8 Å². The number of rotatable bonds is 7. The number of guanidine groups is 1. The van der Waals surface area contributed by atoms with Crippen LogP contribution in [0, 0.1) is 5.82 Å². The average Bonchev–Trinajstić information content (AvgIpc) is 3.00. The van der Waals surface area contributed by atoms with E-state index in [1.165, 1.54) is 24.7 Å². The largest absolute Gasteiger partial charge is 0.380 e. The molecule has 1 aliphatic rings. The third-order valence-electron chi connectivity index (χ3n) is 4.10. The summed E-state index contributed by atoms with van der Waals surface area (Å²) in [6, 6.07) is 5.07. The summed E-state index contributed by atoms with van der Waals surface area (Å²) in [5, 5.41) is 6.72. The summed E-state index contributed by atoms with van der Waals surface area (Å²) in [5.41, 5.74) is 1.54. The molecule has 1 unspecified atom stereocenters. The molecule has 1 aliphatic heterocycles. The maximum atomic E-state index is 13.7. The molecule has 0 aromatic heterocycles. The Morgan fingerprint density at radius 1 is 1.40 bits per heavy atom. The fraction of sp³-hybridized carbons (Fsp3) is 0.611. The van der Waals surface area contributed by atoms with E-state index < -0.39 is 0 Å². The second-order valence-electron chi connectivity index (χ2n) is 6.31. The SMILES string of the molecule is CCNC(=NCc1ccc(F)c(COC)c1)NCC1(C)CCCS1.I. The molecule has 2 rings (SSSR count). The zero-order chi connectivity index (χ0) is 17.4. The second-order valence-corrected chi connectivity index (χ2v) is 7.99. The lowest BCUT2D eigenvalue weighted by atomic mass is 10.1. The smallest absolute Gasteiger partial charge is 0.191 e.